The number of hydrogen-bond donors (Lipinski definition) is 4. The third-order valence-corrected chi connectivity index (χ3v) is 4.12. The van der Waals surface area contributed by atoms with Gasteiger partial charge in [-0.3, -0.25) is 9.89 Å². The van der Waals surface area contributed by atoms with E-state index in [-0.39, 0.29) is 18.5 Å². The van der Waals surface area contributed by atoms with E-state index >= 15 is 0 Å². The summed E-state index contributed by atoms with van der Waals surface area (Å²) in [6.45, 7) is 2.36. The van der Waals surface area contributed by atoms with Crippen molar-refractivity contribution in [1.29, 1.82) is 0 Å². The molecule has 0 amide bonds. The van der Waals surface area contributed by atoms with Crippen molar-refractivity contribution in [3.8, 4) is 10.6 Å². The molecule has 9 nitrogen and oxygen atoms in total. The minimum atomic E-state index is -0.250. The summed E-state index contributed by atoms with van der Waals surface area (Å²) in [5, 5.41) is 17.1. The van der Waals surface area contributed by atoms with Gasteiger partial charge in [-0.2, -0.15) is 10.1 Å². The topological polar surface area (TPSA) is 139 Å². The molecule has 3 heterocycles. The Morgan fingerprint density at radius 3 is 2.92 bits per heavy atom. The van der Waals surface area contributed by atoms with Gasteiger partial charge in [0.15, 0.2) is 0 Å². The Kier molecular flexibility index (Phi) is 6.04. The fraction of sp³-hybridized carbons (Fsp3) is 0.286. The Balaban J connectivity index is 0.000000647. The number of nitrogen functional groups attached to an aromatic ring is 1. The fourth-order valence-corrected chi connectivity index (χ4v) is 3.12. The van der Waals surface area contributed by atoms with Crippen molar-refractivity contribution >= 4 is 39.8 Å². The van der Waals surface area contributed by atoms with E-state index in [9.17, 15) is 0 Å². The second-order valence-corrected chi connectivity index (χ2v) is 5.88. The molecule has 0 bridgehead atoms. The number of nitrogens with two attached hydrogens (primary N) is 1. The summed E-state index contributed by atoms with van der Waals surface area (Å²) >= 11 is 1.60. The van der Waals surface area contributed by atoms with Gasteiger partial charge in [0.05, 0.1) is 27.4 Å². The molecule has 0 spiro atoms. The normalized spacial score (nSPS) is 11.6. The SMILES string of the molecule is COC[C@@H](C)Nc1nc(N)nc2cc(-c3ccn[nH]3)sc12.O=CO. The van der Waals surface area contributed by atoms with Crippen LogP contribution in [0.5, 0.6) is 0 Å². The van der Waals surface area contributed by atoms with Gasteiger partial charge in [-0.1, -0.05) is 0 Å². The zero-order chi connectivity index (χ0) is 17.5. The average Bonchev–Trinajstić information content (AvgIpc) is 3.16. The molecule has 3 aromatic heterocycles. The van der Waals surface area contributed by atoms with E-state index in [0.29, 0.717) is 6.61 Å². The van der Waals surface area contributed by atoms with Crippen LogP contribution in [-0.4, -0.2) is 51.5 Å². The number of nitrogens with zero attached hydrogens (tertiary/aromatic N) is 3. The number of rotatable bonds is 5. The van der Waals surface area contributed by atoms with Crippen molar-refractivity contribution in [2.24, 2.45) is 0 Å². The number of anilines is 2. The first-order valence-corrected chi connectivity index (χ1v) is 7.80. The highest BCUT2D eigenvalue weighted by Gasteiger charge is 2.14. The molecule has 1 atom stereocenters. The highest BCUT2D eigenvalue weighted by Crippen LogP contribution is 2.35. The number of fused-ring (bicyclic) bond motifs is 1. The van der Waals surface area contributed by atoms with Crippen molar-refractivity contribution in [1.82, 2.24) is 20.2 Å². The quantitative estimate of drug-likeness (QED) is 0.511. The number of carbonyl (C=O) groups is 1. The number of H-pyrrole nitrogens is 1. The number of hydrogen-bond acceptors (Lipinski definition) is 8. The second kappa shape index (κ2) is 8.22. The molecule has 5 N–H and O–H groups in total. The Labute approximate surface area is 141 Å². The number of aromatic amines is 1. The second-order valence-electron chi connectivity index (χ2n) is 4.83. The molecule has 0 aliphatic heterocycles. The number of aromatic nitrogens is 4. The molecule has 128 valence electrons. The van der Waals surface area contributed by atoms with Crippen LogP contribution in [0.4, 0.5) is 11.8 Å². The lowest BCUT2D eigenvalue weighted by Crippen LogP contribution is -2.21. The summed E-state index contributed by atoms with van der Waals surface area (Å²) in [6, 6.07) is 4.03. The molecule has 0 saturated heterocycles. The van der Waals surface area contributed by atoms with Crippen LogP contribution >= 0.6 is 11.3 Å². The molecule has 0 aliphatic rings. The van der Waals surface area contributed by atoms with Crippen LogP contribution in [-0.2, 0) is 9.53 Å². The molecule has 0 unspecified atom stereocenters. The monoisotopic (exact) mass is 350 g/mol. The maximum absolute atomic E-state index is 8.36. The minimum Gasteiger partial charge on any atom is -0.483 e. The molecular weight excluding hydrogens is 332 g/mol. The molecule has 0 aromatic carbocycles. The van der Waals surface area contributed by atoms with Crippen LogP contribution in [0, 0.1) is 0 Å². The van der Waals surface area contributed by atoms with E-state index in [2.05, 4.69) is 25.5 Å². The molecule has 0 saturated carbocycles. The number of nitrogens with one attached hydrogen (secondary N) is 2. The highest BCUT2D eigenvalue weighted by atomic mass is 32.1. The largest absolute Gasteiger partial charge is 0.483 e. The third kappa shape index (κ3) is 4.18. The van der Waals surface area contributed by atoms with Crippen LogP contribution in [0.15, 0.2) is 18.3 Å². The lowest BCUT2D eigenvalue weighted by atomic mass is 10.3. The maximum Gasteiger partial charge on any atom is 0.290 e. The summed E-state index contributed by atoms with van der Waals surface area (Å²) in [5.74, 6) is 0.987. The molecule has 0 radical (unpaired) electrons. The van der Waals surface area contributed by atoms with Gasteiger partial charge in [-0.25, -0.2) is 4.98 Å². The van der Waals surface area contributed by atoms with Gasteiger partial charge in [0.25, 0.3) is 6.47 Å². The van der Waals surface area contributed by atoms with Crippen LogP contribution in [0.2, 0.25) is 0 Å². The summed E-state index contributed by atoms with van der Waals surface area (Å²) < 4.78 is 6.10. The average molecular weight is 350 g/mol. The zero-order valence-electron chi connectivity index (χ0n) is 13.2. The smallest absolute Gasteiger partial charge is 0.290 e. The van der Waals surface area contributed by atoms with Gasteiger partial charge in [0, 0.05) is 19.3 Å². The van der Waals surface area contributed by atoms with Gasteiger partial charge in [0.1, 0.15) is 5.82 Å². The first-order chi connectivity index (χ1) is 11.6. The number of carboxylic acid groups (broad SMARTS) is 1. The van der Waals surface area contributed by atoms with Crippen molar-refractivity contribution in [2.45, 2.75) is 13.0 Å². The summed E-state index contributed by atoms with van der Waals surface area (Å²) in [5.41, 5.74) is 7.57. The van der Waals surface area contributed by atoms with Gasteiger partial charge < -0.3 is 20.9 Å². The van der Waals surface area contributed by atoms with Crippen molar-refractivity contribution in [2.75, 3.05) is 24.8 Å². The standard InChI is InChI=1S/C13H16N6OS.CH2O2/c1-7(6-20-2)16-12-11-9(17-13(14)18-12)5-10(21-11)8-3-4-15-19-8;2-1-3/h3-5,7H,6H2,1-2H3,(H,15,19)(H3,14,16,17,18);1H,(H,2,3)/t7-;/m1./s1. The van der Waals surface area contributed by atoms with Crippen LogP contribution in [0.25, 0.3) is 20.8 Å². The van der Waals surface area contributed by atoms with Crippen molar-refractivity contribution < 1.29 is 14.6 Å². The third-order valence-electron chi connectivity index (χ3n) is 2.95. The zero-order valence-corrected chi connectivity index (χ0v) is 14.0. The van der Waals surface area contributed by atoms with E-state index < -0.39 is 0 Å². The summed E-state index contributed by atoms with van der Waals surface area (Å²) in [6.07, 6.45) is 1.72. The van der Waals surface area contributed by atoms with Crippen molar-refractivity contribution in [3.63, 3.8) is 0 Å². The first-order valence-electron chi connectivity index (χ1n) is 6.99. The van der Waals surface area contributed by atoms with Crippen LogP contribution < -0.4 is 11.1 Å². The van der Waals surface area contributed by atoms with E-state index in [4.69, 9.17) is 20.4 Å². The highest BCUT2D eigenvalue weighted by molar-refractivity contribution is 7.22. The van der Waals surface area contributed by atoms with Gasteiger partial charge in [-0.05, 0) is 19.1 Å². The van der Waals surface area contributed by atoms with Crippen LogP contribution in [0.1, 0.15) is 6.92 Å². The predicted octanol–water partition coefficient (Wildman–Crippen LogP) is 1.81. The molecule has 3 aromatic rings. The molecule has 0 fully saturated rings. The summed E-state index contributed by atoms with van der Waals surface area (Å²) in [7, 11) is 1.67. The van der Waals surface area contributed by atoms with Gasteiger partial charge in [0.2, 0.25) is 5.95 Å². The fourth-order valence-electron chi connectivity index (χ4n) is 2.10. The lowest BCUT2D eigenvalue weighted by Gasteiger charge is -2.13. The lowest BCUT2D eigenvalue weighted by molar-refractivity contribution is -0.122. The first kappa shape index (κ1) is 17.6. The Bertz CT molecular complexity index is 789. The van der Waals surface area contributed by atoms with E-state index in [0.717, 1.165) is 26.6 Å². The maximum atomic E-state index is 8.36. The summed E-state index contributed by atoms with van der Waals surface area (Å²) in [4.78, 5) is 18.0. The molecular formula is C14H18N6O3S. The van der Waals surface area contributed by atoms with Crippen LogP contribution in [0.3, 0.4) is 0 Å². The predicted molar refractivity (Wildman–Crippen MR) is 93.1 cm³/mol. The van der Waals surface area contributed by atoms with Gasteiger partial charge in [-0.15, -0.1) is 11.3 Å². The number of methoxy groups -OCH3 is 1. The Morgan fingerprint density at radius 1 is 1.54 bits per heavy atom. The Morgan fingerprint density at radius 2 is 2.29 bits per heavy atom. The van der Waals surface area contributed by atoms with E-state index in [1.165, 1.54) is 0 Å². The molecule has 10 heteroatoms. The minimum absolute atomic E-state index is 0.130. The molecule has 24 heavy (non-hydrogen) atoms. The molecule has 3 rings (SSSR count). The van der Waals surface area contributed by atoms with E-state index in [1.807, 2.05) is 19.1 Å². The van der Waals surface area contributed by atoms with E-state index in [1.54, 1.807) is 24.6 Å². The Hall–Kier alpha value is -2.72. The molecule has 0 aliphatic carbocycles. The number of thiophene rings is 1. The van der Waals surface area contributed by atoms with Crippen molar-refractivity contribution in [3.05, 3.63) is 18.3 Å². The number of ether oxygens (including phenoxy) is 1. The van der Waals surface area contributed by atoms with Gasteiger partial charge >= 0.3 is 0 Å².